The quantitative estimate of drug-likeness (QED) is 0.450. The second kappa shape index (κ2) is 7.66. The lowest BCUT2D eigenvalue weighted by atomic mass is 10.1. The zero-order valence-corrected chi connectivity index (χ0v) is 13.6. The van der Waals surface area contributed by atoms with Gasteiger partial charge in [-0.1, -0.05) is 57.3 Å². The largest absolute Gasteiger partial charge is 0.390 e. The predicted octanol–water partition coefficient (Wildman–Crippen LogP) is 4.70. The zero-order chi connectivity index (χ0) is 15.1. The van der Waals surface area contributed by atoms with E-state index in [1.165, 1.54) is 5.56 Å². The van der Waals surface area contributed by atoms with Crippen LogP contribution in [0, 0.1) is 18.8 Å². The second-order valence-electron chi connectivity index (χ2n) is 4.64. The number of benzene rings is 2. The molecule has 0 saturated heterocycles. The van der Waals surface area contributed by atoms with Crippen molar-refractivity contribution in [1.29, 1.82) is 0 Å². The van der Waals surface area contributed by atoms with Gasteiger partial charge in [-0.3, -0.25) is 0 Å². The molecule has 0 bridgehead atoms. The summed E-state index contributed by atoms with van der Waals surface area (Å²) < 4.78 is 1.01. The molecule has 0 unspecified atom stereocenters. The molecule has 0 radical (unpaired) electrons. The van der Waals surface area contributed by atoms with Crippen LogP contribution in [0.2, 0.25) is 0 Å². The van der Waals surface area contributed by atoms with Crippen LogP contribution in [-0.2, 0) is 11.4 Å². The maximum absolute atomic E-state index is 5.35. The SMILES string of the molecule is C/C(C#Cc1cccc(Br)c1)=N\OCc1ccccc1C. The van der Waals surface area contributed by atoms with Gasteiger partial charge in [-0.05, 0) is 49.1 Å². The smallest absolute Gasteiger partial charge is 0.142 e. The highest BCUT2D eigenvalue weighted by molar-refractivity contribution is 9.10. The first-order valence-corrected chi connectivity index (χ1v) is 7.43. The van der Waals surface area contributed by atoms with E-state index in [1.807, 2.05) is 49.4 Å². The summed E-state index contributed by atoms with van der Waals surface area (Å²) in [5.74, 6) is 6.04. The lowest BCUT2D eigenvalue weighted by molar-refractivity contribution is 0.130. The predicted molar refractivity (Wildman–Crippen MR) is 90.1 cm³/mol. The Bertz CT molecular complexity index is 710. The van der Waals surface area contributed by atoms with E-state index in [-0.39, 0.29) is 0 Å². The average Bonchev–Trinajstić information content (AvgIpc) is 2.47. The second-order valence-corrected chi connectivity index (χ2v) is 5.55. The van der Waals surface area contributed by atoms with Crippen LogP contribution in [0.25, 0.3) is 0 Å². The molecule has 0 atom stereocenters. The number of hydrogen-bond donors (Lipinski definition) is 0. The van der Waals surface area contributed by atoms with Crippen molar-refractivity contribution in [2.45, 2.75) is 20.5 Å². The summed E-state index contributed by atoms with van der Waals surface area (Å²) in [5, 5.41) is 4.03. The molecule has 0 spiro atoms. The van der Waals surface area contributed by atoms with E-state index in [4.69, 9.17) is 4.84 Å². The van der Waals surface area contributed by atoms with Crippen molar-refractivity contribution < 1.29 is 4.84 Å². The molecule has 0 amide bonds. The minimum Gasteiger partial charge on any atom is -0.390 e. The van der Waals surface area contributed by atoms with Crippen LogP contribution in [-0.4, -0.2) is 5.71 Å². The topological polar surface area (TPSA) is 21.6 Å². The lowest BCUT2D eigenvalue weighted by Crippen LogP contribution is -1.93. The van der Waals surface area contributed by atoms with Gasteiger partial charge in [0.15, 0.2) is 0 Å². The van der Waals surface area contributed by atoms with Crippen LogP contribution >= 0.6 is 15.9 Å². The van der Waals surface area contributed by atoms with Crippen molar-refractivity contribution in [3.63, 3.8) is 0 Å². The lowest BCUT2D eigenvalue weighted by Gasteiger charge is -2.03. The summed E-state index contributed by atoms with van der Waals surface area (Å²) in [5.41, 5.74) is 3.93. The Balaban J connectivity index is 1.95. The average molecular weight is 342 g/mol. The van der Waals surface area contributed by atoms with Gasteiger partial charge in [0, 0.05) is 10.0 Å². The fourth-order valence-electron chi connectivity index (χ4n) is 1.72. The third kappa shape index (κ3) is 5.09. The molecule has 2 rings (SSSR count). The molecule has 2 aromatic carbocycles. The first kappa shape index (κ1) is 15.3. The Morgan fingerprint density at radius 3 is 2.76 bits per heavy atom. The first-order valence-electron chi connectivity index (χ1n) is 6.64. The van der Waals surface area contributed by atoms with Gasteiger partial charge < -0.3 is 4.84 Å². The monoisotopic (exact) mass is 341 g/mol. The van der Waals surface area contributed by atoms with Crippen LogP contribution in [0.3, 0.4) is 0 Å². The van der Waals surface area contributed by atoms with E-state index in [0.717, 1.165) is 15.6 Å². The Hall–Kier alpha value is -2.05. The molecule has 2 aromatic rings. The Labute approximate surface area is 134 Å². The van der Waals surface area contributed by atoms with Crippen LogP contribution in [0.5, 0.6) is 0 Å². The summed E-state index contributed by atoms with van der Waals surface area (Å²) in [6.45, 7) is 4.35. The number of halogens is 1. The van der Waals surface area contributed by atoms with Crippen LogP contribution in [0.1, 0.15) is 23.6 Å². The third-order valence-corrected chi connectivity index (χ3v) is 3.39. The van der Waals surface area contributed by atoms with Crippen molar-refractivity contribution in [2.75, 3.05) is 0 Å². The van der Waals surface area contributed by atoms with Crippen molar-refractivity contribution in [3.8, 4) is 11.8 Å². The van der Waals surface area contributed by atoms with Gasteiger partial charge in [0.2, 0.25) is 0 Å². The molecule has 2 nitrogen and oxygen atoms in total. The van der Waals surface area contributed by atoms with Crippen molar-refractivity contribution in [3.05, 3.63) is 69.7 Å². The highest BCUT2D eigenvalue weighted by Gasteiger charge is 1.96. The zero-order valence-electron chi connectivity index (χ0n) is 12.1. The molecular weight excluding hydrogens is 326 g/mol. The summed E-state index contributed by atoms with van der Waals surface area (Å²) >= 11 is 3.42. The number of rotatable bonds is 3. The van der Waals surface area contributed by atoms with E-state index >= 15 is 0 Å². The Morgan fingerprint density at radius 1 is 1.19 bits per heavy atom. The van der Waals surface area contributed by atoms with Crippen LogP contribution in [0.15, 0.2) is 58.2 Å². The highest BCUT2D eigenvalue weighted by atomic mass is 79.9. The molecule has 0 saturated carbocycles. The fraction of sp³-hybridized carbons (Fsp3) is 0.167. The highest BCUT2D eigenvalue weighted by Crippen LogP contribution is 2.10. The van der Waals surface area contributed by atoms with Crippen molar-refractivity contribution in [1.82, 2.24) is 0 Å². The van der Waals surface area contributed by atoms with Gasteiger partial charge in [-0.15, -0.1) is 0 Å². The van der Waals surface area contributed by atoms with E-state index in [9.17, 15) is 0 Å². The summed E-state index contributed by atoms with van der Waals surface area (Å²) in [7, 11) is 0. The van der Waals surface area contributed by atoms with Crippen molar-refractivity contribution in [2.24, 2.45) is 5.16 Å². The maximum atomic E-state index is 5.35. The van der Waals surface area contributed by atoms with E-state index in [2.05, 4.69) is 45.9 Å². The Morgan fingerprint density at radius 2 is 2.00 bits per heavy atom. The Kier molecular flexibility index (Phi) is 5.59. The minimum absolute atomic E-state index is 0.461. The normalized spacial score (nSPS) is 10.7. The van der Waals surface area contributed by atoms with Gasteiger partial charge in [-0.25, -0.2) is 0 Å². The van der Waals surface area contributed by atoms with Gasteiger partial charge in [-0.2, -0.15) is 0 Å². The molecule has 0 fully saturated rings. The molecule has 0 N–H and O–H groups in total. The number of nitrogens with zero attached hydrogens (tertiary/aromatic N) is 1. The van der Waals surface area contributed by atoms with Gasteiger partial charge in [0.25, 0.3) is 0 Å². The molecule has 106 valence electrons. The van der Waals surface area contributed by atoms with Crippen LogP contribution in [0.4, 0.5) is 0 Å². The molecule has 3 heteroatoms. The molecule has 0 aliphatic carbocycles. The molecular formula is C18H16BrNO. The summed E-state index contributed by atoms with van der Waals surface area (Å²) in [6.07, 6.45) is 0. The molecule has 21 heavy (non-hydrogen) atoms. The standard InChI is InChI=1S/C18H16BrNO/c1-14-6-3-4-8-17(14)13-21-20-15(2)10-11-16-7-5-9-18(19)12-16/h3-9,12H,13H2,1-2H3/b20-15+. The summed E-state index contributed by atoms with van der Waals surface area (Å²) in [6, 6.07) is 15.9. The molecule has 0 aromatic heterocycles. The first-order chi connectivity index (χ1) is 10.1. The van der Waals surface area contributed by atoms with Crippen LogP contribution < -0.4 is 0 Å². The number of oxime groups is 1. The fourth-order valence-corrected chi connectivity index (χ4v) is 2.12. The van der Waals surface area contributed by atoms with Gasteiger partial charge >= 0.3 is 0 Å². The number of aryl methyl sites for hydroxylation is 1. The van der Waals surface area contributed by atoms with Gasteiger partial charge in [0.1, 0.15) is 12.3 Å². The molecule has 0 aliphatic heterocycles. The van der Waals surface area contributed by atoms with E-state index < -0.39 is 0 Å². The molecule has 0 aliphatic rings. The number of hydrogen-bond acceptors (Lipinski definition) is 2. The minimum atomic E-state index is 0.461. The third-order valence-electron chi connectivity index (χ3n) is 2.90. The summed E-state index contributed by atoms with van der Waals surface area (Å²) in [4.78, 5) is 5.35. The molecule has 0 heterocycles. The van der Waals surface area contributed by atoms with E-state index in [1.54, 1.807) is 0 Å². The maximum Gasteiger partial charge on any atom is 0.142 e. The van der Waals surface area contributed by atoms with Crippen molar-refractivity contribution >= 4 is 21.6 Å². The van der Waals surface area contributed by atoms with E-state index in [0.29, 0.717) is 12.3 Å². The van der Waals surface area contributed by atoms with Gasteiger partial charge in [0.05, 0.1) is 0 Å².